The van der Waals surface area contributed by atoms with Crippen molar-refractivity contribution >= 4 is 5.82 Å². The Hall–Kier alpha value is -1.17. The highest BCUT2D eigenvalue weighted by atomic mass is 16.5. The molecule has 100 valence electrons. The lowest BCUT2D eigenvalue weighted by Gasteiger charge is -2.31. The van der Waals surface area contributed by atoms with Gasteiger partial charge in [0.15, 0.2) is 0 Å². The number of hydrazine groups is 1. The molecule has 0 bridgehead atoms. The molecule has 18 heavy (non-hydrogen) atoms. The molecular formula is C13H22N4O. The number of nitrogens with two attached hydrogens (primary N) is 1. The van der Waals surface area contributed by atoms with Crippen LogP contribution < -0.4 is 11.3 Å². The summed E-state index contributed by atoms with van der Waals surface area (Å²) in [5.41, 5.74) is 3.65. The van der Waals surface area contributed by atoms with Gasteiger partial charge >= 0.3 is 0 Å². The molecule has 1 saturated heterocycles. The third-order valence-electron chi connectivity index (χ3n) is 3.45. The molecule has 1 fully saturated rings. The maximum atomic E-state index is 5.36. The highest BCUT2D eigenvalue weighted by Crippen LogP contribution is 2.18. The van der Waals surface area contributed by atoms with Crippen LogP contribution in [0.3, 0.4) is 0 Å². The summed E-state index contributed by atoms with van der Waals surface area (Å²) in [4.78, 5) is 6.88. The molecule has 0 atom stereocenters. The molecule has 0 unspecified atom stereocenters. The Morgan fingerprint density at radius 1 is 1.44 bits per heavy atom. The van der Waals surface area contributed by atoms with Crippen LogP contribution in [0.15, 0.2) is 18.2 Å². The zero-order valence-electron chi connectivity index (χ0n) is 10.9. The molecule has 0 aromatic carbocycles. The van der Waals surface area contributed by atoms with E-state index in [-0.39, 0.29) is 0 Å². The maximum absolute atomic E-state index is 5.36. The summed E-state index contributed by atoms with van der Waals surface area (Å²) in [5.74, 6) is 6.81. The summed E-state index contributed by atoms with van der Waals surface area (Å²) in [6.45, 7) is 4.03. The smallest absolute Gasteiger partial charge is 0.140 e. The van der Waals surface area contributed by atoms with Crippen molar-refractivity contribution in [2.45, 2.75) is 19.4 Å². The minimum atomic E-state index is 0.719. The zero-order chi connectivity index (χ0) is 12.8. The van der Waals surface area contributed by atoms with E-state index in [0.717, 1.165) is 43.7 Å². The number of piperidine rings is 1. The molecular weight excluding hydrogens is 228 g/mol. The highest BCUT2D eigenvalue weighted by Gasteiger charge is 2.19. The predicted molar refractivity (Wildman–Crippen MR) is 71.9 cm³/mol. The third-order valence-corrected chi connectivity index (χ3v) is 3.45. The van der Waals surface area contributed by atoms with Gasteiger partial charge in [-0.1, -0.05) is 6.07 Å². The number of ether oxygens (including phenoxy) is 1. The van der Waals surface area contributed by atoms with Gasteiger partial charge in [-0.3, -0.25) is 4.90 Å². The van der Waals surface area contributed by atoms with E-state index in [9.17, 15) is 0 Å². The second kappa shape index (κ2) is 6.68. The normalized spacial score (nSPS) is 17.9. The van der Waals surface area contributed by atoms with Crippen LogP contribution >= 0.6 is 0 Å². The molecule has 0 saturated carbocycles. The number of aromatic nitrogens is 1. The Morgan fingerprint density at radius 3 is 2.89 bits per heavy atom. The number of nitrogen functional groups attached to an aromatic ring is 1. The van der Waals surface area contributed by atoms with E-state index in [1.165, 1.54) is 12.8 Å². The number of anilines is 1. The number of nitrogens with zero attached hydrogens (tertiary/aromatic N) is 2. The molecule has 2 heterocycles. The Labute approximate surface area is 108 Å². The van der Waals surface area contributed by atoms with Crippen LogP contribution in [0.1, 0.15) is 18.5 Å². The quantitative estimate of drug-likeness (QED) is 0.608. The zero-order valence-corrected chi connectivity index (χ0v) is 10.9. The van der Waals surface area contributed by atoms with E-state index in [1.54, 1.807) is 7.11 Å². The van der Waals surface area contributed by atoms with Gasteiger partial charge in [0, 0.05) is 20.3 Å². The van der Waals surface area contributed by atoms with Crippen LogP contribution in [-0.4, -0.2) is 36.7 Å². The van der Waals surface area contributed by atoms with Crippen molar-refractivity contribution in [3.63, 3.8) is 0 Å². The largest absolute Gasteiger partial charge is 0.384 e. The lowest BCUT2D eigenvalue weighted by atomic mass is 9.98. The van der Waals surface area contributed by atoms with Gasteiger partial charge in [-0.05, 0) is 44.0 Å². The summed E-state index contributed by atoms with van der Waals surface area (Å²) in [6.07, 6.45) is 2.42. The summed E-state index contributed by atoms with van der Waals surface area (Å²) >= 11 is 0. The summed E-state index contributed by atoms with van der Waals surface area (Å²) in [7, 11) is 1.78. The molecule has 3 N–H and O–H groups in total. The van der Waals surface area contributed by atoms with Crippen molar-refractivity contribution in [2.24, 2.45) is 11.8 Å². The lowest BCUT2D eigenvalue weighted by molar-refractivity contribution is 0.0963. The molecule has 1 aliphatic heterocycles. The van der Waals surface area contributed by atoms with Crippen molar-refractivity contribution < 1.29 is 4.74 Å². The SMILES string of the molecule is COCC1CCN(Cc2cccc(NN)n2)CC1. The highest BCUT2D eigenvalue weighted by molar-refractivity contribution is 5.33. The second-order valence-corrected chi connectivity index (χ2v) is 4.83. The minimum absolute atomic E-state index is 0.719. The molecule has 1 aromatic heterocycles. The molecule has 5 heteroatoms. The van der Waals surface area contributed by atoms with Gasteiger partial charge in [-0.15, -0.1) is 0 Å². The maximum Gasteiger partial charge on any atom is 0.140 e. The third kappa shape index (κ3) is 3.66. The number of hydrogen-bond acceptors (Lipinski definition) is 5. The molecule has 2 rings (SSSR count). The van der Waals surface area contributed by atoms with Crippen molar-refractivity contribution in [2.75, 3.05) is 32.2 Å². The first-order valence-electron chi connectivity index (χ1n) is 6.45. The lowest BCUT2D eigenvalue weighted by Crippen LogP contribution is -2.34. The minimum Gasteiger partial charge on any atom is -0.384 e. The summed E-state index contributed by atoms with van der Waals surface area (Å²) < 4.78 is 5.21. The van der Waals surface area contributed by atoms with E-state index in [4.69, 9.17) is 10.6 Å². The Kier molecular flexibility index (Phi) is 4.92. The fourth-order valence-electron chi connectivity index (χ4n) is 2.42. The Bertz CT molecular complexity index is 364. The van der Waals surface area contributed by atoms with Crippen molar-refractivity contribution in [3.8, 4) is 0 Å². The first-order chi connectivity index (χ1) is 8.81. The molecule has 5 nitrogen and oxygen atoms in total. The number of nitrogens with one attached hydrogen (secondary N) is 1. The first-order valence-corrected chi connectivity index (χ1v) is 6.45. The van der Waals surface area contributed by atoms with E-state index < -0.39 is 0 Å². The summed E-state index contributed by atoms with van der Waals surface area (Å²) in [6, 6.07) is 5.89. The van der Waals surface area contributed by atoms with Gasteiger partial charge < -0.3 is 10.2 Å². The number of rotatable bonds is 5. The van der Waals surface area contributed by atoms with E-state index in [1.807, 2.05) is 18.2 Å². The molecule has 0 spiro atoms. The Morgan fingerprint density at radius 2 is 2.22 bits per heavy atom. The van der Waals surface area contributed by atoms with Crippen molar-refractivity contribution in [1.82, 2.24) is 9.88 Å². The van der Waals surface area contributed by atoms with E-state index >= 15 is 0 Å². The molecule has 0 aliphatic carbocycles. The number of likely N-dealkylation sites (tertiary alicyclic amines) is 1. The van der Waals surface area contributed by atoms with Gasteiger partial charge in [-0.25, -0.2) is 10.8 Å². The second-order valence-electron chi connectivity index (χ2n) is 4.83. The van der Waals surface area contributed by atoms with Crippen LogP contribution in [0.4, 0.5) is 5.82 Å². The fourth-order valence-corrected chi connectivity index (χ4v) is 2.42. The van der Waals surface area contributed by atoms with Crippen LogP contribution in [0.25, 0.3) is 0 Å². The van der Waals surface area contributed by atoms with Crippen LogP contribution in [0, 0.1) is 5.92 Å². The van der Waals surface area contributed by atoms with Crippen molar-refractivity contribution in [1.29, 1.82) is 0 Å². The van der Waals surface area contributed by atoms with Gasteiger partial charge in [0.05, 0.1) is 5.69 Å². The molecule has 1 aliphatic rings. The molecule has 0 radical (unpaired) electrons. The van der Waals surface area contributed by atoms with E-state index in [2.05, 4.69) is 15.3 Å². The summed E-state index contributed by atoms with van der Waals surface area (Å²) in [5, 5.41) is 0. The Balaban J connectivity index is 1.83. The van der Waals surface area contributed by atoms with Gasteiger partial charge in [-0.2, -0.15) is 0 Å². The number of pyridine rings is 1. The predicted octanol–water partition coefficient (Wildman–Crippen LogP) is 1.23. The number of methoxy groups -OCH3 is 1. The number of hydrogen-bond donors (Lipinski definition) is 2. The monoisotopic (exact) mass is 250 g/mol. The van der Waals surface area contributed by atoms with Crippen LogP contribution in [0.2, 0.25) is 0 Å². The fraction of sp³-hybridized carbons (Fsp3) is 0.615. The standard InChI is InChI=1S/C13H22N4O/c1-18-10-11-5-7-17(8-6-11)9-12-3-2-4-13(15-12)16-14/h2-4,11H,5-10,14H2,1H3,(H,15,16). The topological polar surface area (TPSA) is 63.4 Å². The average Bonchev–Trinajstić information content (AvgIpc) is 2.42. The first kappa shape index (κ1) is 13.3. The van der Waals surface area contributed by atoms with Crippen LogP contribution in [0.5, 0.6) is 0 Å². The van der Waals surface area contributed by atoms with Crippen molar-refractivity contribution in [3.05, 3.63) is 23.9 Å². The molecule has 1 aromatic rings. The van der Waals surface area contributed by atoms with Gasteiger partial charge in [0.1, 0.15) is 5.82 Å². The molecule has 0 amide bonds. The average molecular weight is 250 g/mol. The van der Waals surface area contributed by atoms with Gasteiger partial charge in [0.25, 0.3) is 0 Å². The van der Waals surface area contributed by atoms with Gasteiger partial charge in [0.2, 0.25) is 0 Å². The van der Waals surface area contributed by atoms with E-state index in [0.29, 0.717) is 0 Å². The van der Waals surface area contributed by atoms with Crippen LogP contribution in [-0.2, 0) is 11.3 Å².